The molecule has 1 aliphatic heterocycles. The number of rotatable bonds is 2. The summed E-state index contributed by atoms with van der Waals surface area (Å²) < 4.78 is 6.21. The molecule has 2 rings (SSSR count). The molecule has 6 heteroatoms. The van der Waals surface area contributed by atoms with E-state index in [0.717, 1.165) is 10.9 Å². The molecule has 1 aromatic carbocycles. The first-order chi connectivity index (χ1) is 10.2. The Kier molecular flexibility index (Phi) is 5.11. The van der Waals surface area contributed by atoms with Gasteiger partial charge in [-0.2, -0.15) is 0 Å². The average molecular weight is 369 g/mol. The smallest absolute Gasteiger partial charge is 0.410 e. The van der Waals surface area contributed by atoms with Gasteiger partial charge in [-0.05, 0) is 45.4 Å². The van der Waals surface area contributed by atoms with Crippen molar-refractivity contribution in [2.24, 2.45) is 0 Å². The third-order valence-corrected chi connectivity index (χ3v) is 3.76. The number of nitrogens with zero attached hydrogens (tertiary/aromatic N) is 1. The summed E-state index contributed by atoms with van der Waals surface area (Å²) in [5.74, 6) is -0.127. The van der Waals surface area contributed by atoms with Crippen molar-refractivity contribution in [2.45, 2.75) is 38.8 Å². The molecule has 0 aromatic heterocycles. The molecule has 22 heavy (non-hydrogen) atoms. The van der Waals surface area contributed by atoms with E-state index in [0.29, 0.717) is 18.7 Å². The molecule has 1 aromatic rings. The summed E-state index contributed by atoms with van der Waals surface area (Å²) in [4.78, 5) is 25.8. The van der Waals surface area contributed by atoms with Crippen molar-refractivity contribution < 1.29 is 14.3 Å². The van der Waals surface area contributed by atoms with Crippen LogP contribution in [-0.2, 0) is 4.74 Å². The lowest BCUT2D eigenvalue weighted by molar-refractivity contribution is 0.0290. The highest BCUT2D eigenvalue weighted by Gasteiger charge is 2.30. The quantitative estimate of drug-likeness (QED) is 0.871. The van der Waals surface area contributed by atoms with Crippen LogP contribution in [-0.4, -0.2) is 41.6 Å². The van der Waals surface area contributed by atoms with Crippen LogP contribution in [0.5, 0.6) is 0 Å². The molecule has 0 aliphatic carbocycles. The molecule has 2 amide bonds. The Balaban J connectivity index is 1.88. The van der Waals surface area contributed by atoms with Crippen LogP contribution in [0.1, 0.15) is 37.6 Å². The normalized spacial score (nSPS) is 18.2. The second-order valence-corrected chi connectivity index (χ2v) is 7.31. The van der Waals surface area contributed by atoms with Gasteiger partial charge in [0.2, 0.25) is 0 Å². The van der Waals surface area contributed by atoms with E-state index in [-0.39, 0.29) is 18.0 Å². The van der Waals surface area contributed by atoms with Gasteiger partial charge in [-0.3, -0.25) is 4.79 Å². The Morgan fingerprint density at radius 1 is 1.36 bits per heavy atom. The minimum absolute atomic E-state index is 0.0426. The topological polar surface area (TPSA) is 58.6 Å². The van der Waals surface area contributed by atoms with Gasteiger partial charge in [0.15, 0.2) is 0 Å². The van der Waals surface area contributed by atoms with Crippen molar-refractivity contribution >= 4 is 27.9 Å². The fraction of sp³-hybridized carbons (Fsp3) is 0.500. The molecule has 1 aliphatic rings. The summed E-state index contributed by atoms with van der Waals surface area (Å²) >= 11 is 3.35. The van der Waals surface area contributed by atoms with E-state index in [2.05, 4.69) is 21.2 Å². The zero-order chi connectivity index (χ0) is 16.3. The molecule has 0 saturated carbocycles. The molecule has 120 valence electrons. The van der Waals surface area contributed by atoms with Crippen molar-refractivity contribution in [1.82, 2.24) is 10.2 Å². The summed E-state index contributed by atoms with van der Waals surface area (Å²) in [5, 5.41) is 2.96. The van der Waals surface area contributed by atoms with E-state index < -0.39 is 5.60 Å². The second kappa shape index (κ2) is 6.69. The van der Waals surface area contributed by atoms with E-state index in [1.165, 1.54) is 0 Å². The number of amides is 2. The number of likely N-dealkylation sites (tertiary alicyclic amines) is 1. The zero-order valence-corrected chi connectivity index (χ0v) is 14.6. The van der Waals surface area contributed by atoms with E-state index in [4.69, 9.17) is 4.74 Å². The Labute approximate surface area is 139 Å². The summed E-state index contributed by atoms with van der Waals surface area (Å²) in [6.07, 6.45) is 0.408. The van der Waals surface area contributed by atoms with Crippen molar-refractivity contribution in [2.75, 3.05) is 13.1 Å². The van der Waals surface area contributed by atoms with Crippen LogP contribution in [0.2, 0.25) is 0 Å². The molecule has 0 radical (unpaired) electrons. The van der Waals surface area contributed by atoms with Gasteiger partial charge < -0.3 is 15.0 Å². The molecule has 5 nitrogen and oxygen atoms in total. The lowest BCUT2D eigenvalue weighted by Crippen LogP contribution is -2.40. The molecular formula is C16H21BrN2O3. The Hall–Kier alpha value is -1.56. The number of carbonyl (C=O) groups is 2. The summed E-state index contributed by atoms with van der Waals surface area (Å²) in [6, 6.07) is 7.19. The molecular weight excluding hydrogens is 348 g/mol. The summed E-state index contributed by atoms with van der Waals surface area (Å²) in [5.41, 5.74) is 0.0967. The molecule has 0 spiro atoms. The Bertz CT molecular complexity index is 569. The number of benzene rings is 1. The van der Waals surface area contributed by atoms with Gasteiger partial charge in [-0.25, -0.2) is 4.79 Å². The van der Waals surface area contributed by atoms with E-state index in [9.17, 15) is 9.59 Å². The SMILES string of the molecule is CC(C)(C)OC(=O)N1CCC(NC(=O)c2cccc(Br)c2)C1. The minimum Gasteiger partial charge on any atom is -0.444 e. The van der Waals surface area contributed by atoms with Crippen molar-refractivity contribution in [3.05, 3.63) is 34.3 Å². The number of nitrogens with one attached hydrogen (secondary N) is 1. The van der Waals surface area contributed by atoms with E-state index in [1.54, 1.807) is 17.0 Å². The van der Waals surface area contributed by atoms with Gasteiger partial charge in [0, 0.05) is 29.2 Å². The van der Waals surface area contributed by atoms with Crippen LogP contribution in [0.4, 0.5) is 4.79 Å². The standard InChI is InChI=1S/C16H21BrN2O3/c1-16(2,3)22-15(21)19-8-7-13(10-19)18-14(20)11-5-4-6-12(17)9-11/h4-6,9,13H,7-8,10H2,1-3H3,(H,18,20). The molecule has 1 unspecified atom stereocenters. The summed E-state index contributed by atoms with van der Waals surface area (Å²) in [6.45, 7) is 6.60. The number of hydrogen-bond acceptors (Lipinski definition) is 3. The third kappa shape index (κ3) is 4.73. The predicted octanol–water partition coefficient (Wildman–Crippen LogP) is 3.19. The van der Waals surface area contributed by atoms with Gasteiger partial charge in [0.1, 0.15) is 5.60 Å². The van der Waals surface area contributed by atoms with Gasteiger partial charge in [-0.15, -0.1) is 0 Å². The largest absolute Gasteiger partial charge is 0.444 e. The highest BCUT2D eigenvalue weighted by atomic mass is 79.9. The molecule has 1 heterocycles. The lowest BCUT2D eigenvalue weighted by atomic mass is 10.2. The fourth-order valence-electron chi connectivity index (χ4n) is 2.27. The van der Waals surface area contributed by atoms with Crippen molar-refractivity contribution in [1.29, 1.82) is 0 Å². The maximum absolute atomic E-state index is 12.2. The average Bonchev–Trinajstić information content (AvgIpc) is 2.85. The van der Waals surface area contributed by atoms with Crippen LogP contribution in [0.25, 0.3) is 0 Å². The van der Waals surface area contributed by atoms with Crippen LogP contribution in [0.15, 0.2) is 28.7 Å². The van der Waals surface area contributed by atoms with Gasteiger partial charge >= 0.3 is 6.09 Å². The Morgan fingerprint density at radius 3 is 2.73 bits per heavy atom. The maximum Gasteiger partial charge on any atom is 0.410 e. The first-order valence-corrected chi connectivity index (χ1v) is 8.08. The van der Waals surface area contributed by atoms with Crippen LogP contribution < -0.4 is 5.32 Å². The Morgan fingerprint density at radius 2 is 2.09 bits per heavy atom. The monoisotopic (exact) mass is 368 g/mol. The molecule has 1 N–H and O–H groups in total. The van der Waals surface area contributed by atoms with Crippen LogP contribution in [0, 0.1) is 0 Å². The predicted molar refractivity (Wildman–Crippen MR) is 87.8 cm³/mol. The number of hydrogen-bond donors (Lipinski definition) is 1. The number of carbonyl (C=O) groups excluding carboxylic acids is 2. The van der Waals surface area contributed by atoms with Gasteiger partial charge in [-0.1, -0.05) is 22.0 Å². The van der Waals surface area contributed by atoms with Crippen LogP contribution in [0.3, 0.4) is 0 Å². The maximum atomic E-state index is 12.2. The molecule has 0 bridgehead atoms. The fourth-order valence-corrected chi connectivity index (χ4v) is 2.67. The number of halogens is 1. The molecule has 1 saturated heterocycles. The molecule has 1 fully saturated rings. The zero-order valence-electron chi connectivity index (χ0n) is 13.1. The van der Waals surface area contributed by atoms with Crippen molar-refractivity contribution in [3.63, 3.8) is 0 Å². The van der Waals surface area contributed by atoms with Gasteiger partial charge in [0.05, 0.1) is 0 Å². The van der Waals surface area contributed by atoms with E-state index in [1.807, 2.05) is 32.9 Å². The highest BCUT2D eigenvalue weighted by Crippen LogP contribution is 2.16. The second-order valence-electron chi connectivity index (χ2n) is 6.40. The third-order valence-electron chi connectivity index (χ3n) is 3.26. The first kappa shape index (κ1) is 16.8. The van der Waals surface area contributed by atoms with E-state index >= 15 is 0 Å². The van der Waals surface area contributed by atoms with Gasteiger partial charge in [0.25, 0.3) is 5.91 Å². The number of ether oxygens (including phenoxy) is 1. The lowest BCUT2D eigenvalue weighted by Gasteiger charge is -2.24. The first-order valence-electron chi connectivity index (χ1n) is 7.29. The van der Waals surface area contributed by atoms with Crippen molar-refractivity contribution in [3.8, 4) is 0 Å². The van der Waals surface area contributed by atoms with Crippen LogP contribution >= 0.6 is 15.9 Å². The minimum atomic E-state index is -0.505. The highest BCUT2D eigenvalue weighted by molar-refractivity contribution is 9.10. The summed E-state index contributed by atoms with van der Waals surface area (Å²) in [7, 11) is 0. The molecule has 1 atom stereocenters.